The van der Waals surface area contributed by atoms with Crippen LogP contribution in [0.1, 0.15) is 12.8 Å². The van der Waals surface area contributed by atoms with Crippen molar-refractivity contribution in [1.29, 1.82) is 0 Å². The monoisotopic (exact) mass is 181 g/mol. The van der Waals surface area contributed by atoms with Crippen LogP contribution in [0.15, 0.2) is 0 Å². The second kappa shape index (κ2) is 2.60. The molecule has 0 spiro atoms. The van der Waals surface area contributed by atoms with Gasteiger partial charge in [0.05, 0.1) is 12.7 Å². The maximum absolute atomic E-state index is 12.3. The fourth-order valence-electron chi connectivity index (χ4n) is 1.83. The normalized spacial score (nSPS) is 41.8. The first-order valence-corrected chi connectivity index (χ1v) is 4.02. The van der Waals surface area contributed by atoms with Crippen molar-refractivity contribution in [2.45, 2.75) is 37.2 Å². The van der Waals surface area contributed by atoms with Crippen molar-refractivity contribution in [3.63, 3.8) is 0 Å². The summed E-state index contributed by atoms with van der Waals surface area (Å²) >= 11 is 0. The van der Waals surface area contributed by atoms with Crippen molar-refractivity contribution < 1.29 is 17.9 Å². The van der Waals surface area contributed by atoms with Crippen molar-refractivity contribution >= 4 is 0 Å². The van der Waals surface area contributed by atoms with E-state index in [0.29, 0.717) is 13.0 Å². The van der Waals surface area contributed by atoms with Crippen molar-refractivity contribution in [3.8, 4) is 0 Å². The highest BCUT2D eigenvalue weighted by atomic mass is 19.4. The van der Waals surface area contributed by atoms with E-state index in [0.717, 1.165) is 6.42 Å². The quantitative estimate of drug-likeness (QED) is 0.603. The number of hydrogen-bond acceptors (Lipinski definition) is 2. The Kier molecular flexibility index (Phi) is 1.80. The molecule has 0 saturated carbocycles. The second-order valence-electron chi connectivity index (χ2n) is 3.33. The molecule has 0 aliphatic carbocycles. The highest BCUT2D eigenvalue weighted by Gasteiger charge is 2.50. The minimum atomic E-state index is -4.16. The fourth-order valence-corrected chi connectivity index (χ4v) is 1.83. The van der Waals surface area contributed by atoms with Crippen molar-refractivity contribution in [3.05, 3.63) is 0 Å². The Hall–Kier alpha value is -0.290. The van der Waals surface area contributed by atoms with Gasteiger partial charge in [0.25, 0.3) is 0 Å². The molecule has 5 heteroatoms. The van der Waals surface area contributed by atoms with Crippen molar-refractivity contribution in [1.82, 2.24) is 5.32 Å². The average molecular weight is 181 g/mol. The number of morpholine rings is 1. The van der Waals surface area contributed by atoms with E-state index in [2.05, 4.69) is 5.32 Å². The molecule has 3 heterocycles. The molecule has 0 amide bonds. The molecule has 3 fully saturated rings. The second-order valence-corrected chi connectivity index (χ2v) is 3.33. The number of rotatable bonds is 0. The molecule has 0 aromatic carbocycles. The first-order valence-electron chi connectivity index (χ1n) is 4.02. The van der Waals surface area contributed by atoms with Gasteiger partial charge in [-0.3, -0.25) is 5.32 Å². The number of alkyl halides is 3. The number of nitrogens with one attached hydrogen (secondary N) is 1. The number of hydrogen-bond donors (Lipinski definition) is 1. The van der Waals surface area contributed by atoms with E-state index >= 15 is 0 Å². The summed E-state index contributed by atoms with van der Waals surface area (Å²) in [7, 11) is 0. The zero-order chi connectivity index (χ0) is 8.77. The summed E-state index contributed by atoms with van der Waals surface area (Å²) < 4.78 is 41.8. The van der Waals surface area contributed by atoms with E-state index in [1.807, 2.05) is 0 Å². The Morgan fingerprint density at radius 3 is 2.25 bits per heavy atom. The molecule has 3 aliphatic rings. The number of fused-ring (bicyclic) bond motifs is 3. The van der Waals surface area contributed by atoms with Crippen LogP contribution >= 0.6 is 0 Å². The van der Waals surface area contributed by atoms with E-state index in [1.54, 1.807) is 0 Å². The fraction of sp³-hybridized carbons (Fsp3) is 1.00. The SMILES string of the molecule is FC(F)(F)[C@H]1NC2CCC1OC2. The van der Waals surface area contributed by atoms with Crippen molar-refractivity contribution in [2.24, 2.45) is 0 Å². The zero-order valence-corrected chi connectivity index (χ0v) is 6.40. The molecule has 3 atom stereocenters. The van der Waals surface area contributed by atoms with Gasteiger partial charge in [-0.1, -0.05) is 0 Å². The van der Waals surface area contributed by atoms with Gasteiger partial charge >= 0.3 is 6.18 Å². The number of halogens is 3. The highest BCUT2D eigenvalue weighted by molar-refractivity contribution is 4.95. The first kappa shape index (κ1) is 8.31. The molecule has 0 aromatic rings. The topological polar surface area (TPSA) is 21.3 Å². The number of piperidine rings is 1. The standard InChI is InChI=1S/C7H10F3NO/c8-7(9,10)6-5-2-1-4(11-6)3-12-5/h4-6,11H,1-3H2/t4?,5?,6-/m0/s1. The lowest BCUT2D eigenvalue weighted by Crippen LogP contribution is -2.64. The van der Waals surface area contributed by atoms with Gasteiger partial charge in [0.1, 0.15) is 6.04 Å². The van der Waals surface area contributed by atoms with Crippen LogP contribution in [0.4, 0.5) is 13.2 Å². The summed E-state index contributed by atoms with van der Waals surface area (Å²) in [6.45, 7) is 0.428. The summed E-state index contributed by atoms with van der Waals surface area (Å²) in [5.41, 5.74) is 0. The molecular formula is C7H10F3NO. The van der Waals surface area contributed by atoms with Crippen LogP contribution in [-0.4, -0.2) is 31.0 Å². The minimum Gasteiger partial charge on any atom is -0.375 e. The smallest absolute Gasteiger partial charge is 0.375 e. The van der Waals surface area contributed by atoms with Crippen LogP contribution in [0.2, 0.25) is 0 Å². The van der Waals surface area contributed by atoms with Crippen LogP contribution < -0.4 is 5.32 Å². The van der Waals surface area contributed by atoms with Gasteiger partial charge in [-0.15, -0.1) is 0 Å². The van der Waals surface area contributed by atoms with E-state index < -0.39 is 18.3 Å². The summed E-state index contributed by atoms with van der Waals surface area (Å²) in [5.74, 6) is 0. The van der Waals surface area contributed by atoms with Gasteiger partial charge in [-0.2, -0.15) is 13.2 Å². The summed E-state index contributed by atoms with van der Waals surface area (Å²) in [5, 5.41) is 2.54. The molecule has 0 aromatic heterocycles. The van der Waals surface area contributed by atoms with Gasteiger partial charge in [0, 0.05) is 6.04 Å². The zero-order valence-electron chi connectivity index (χ0n) is 6.40. The molecule has 2 bridgehead atoms. The van der Waals surface area contributed by atoms with Gasteiger partial charge < -0.3 is 4.74 Å². The van der Waals surface area contributed by atoms with Gasteiger partial charge in [0.2, 0.25) is 0 Å². The Morgan fingerprint density at radius 1 is 1.25 bits per heavy atom. The largest absolute Gasteiger partial charge is 0.406 e. The summed E-state index contributed by atoms with van der Waals surface area (Å²) in [6.07, 6.45) is -3.49. The third-order valence-corrected chi connectivity index (χ3v) is 2.45. The van der Waals surface area contributed by atoms with Crippen LogP contribution in [0, 0.1) is 0 Å². The molecule has 3 saturated heterocycles. The lowest BCUT2D eigenvalue weighted by atomic mass is 9.92. The molecule has 2 nitrogen and oxygen atoms in total. The maximum Gasteiger partial charge on any atom is 0.406 e. The minimum absolute atomic E-state index is 0.0957. The highest BCUT2D eigenvalue weighted by Crippen LogP contribution is 2.33. The van der Waals surface area contributed by atoms with E-state index in [-0.39, 0.29) is 6.04 Å². The van der Waals surface area contributed by atoms with E-state index in [4.69, 9.17) is 4.74 Å². The predicted octanol–water partition coefficient (Wildman–Crippen LogP) is 1.07. The van der Waals surface area contributed by atoms with Crippen LogP contribution in [0.3, 0.4) is 0 Å². The van der Waals surface area contributed by atoms with E-state index in [1.165, 1.54) is 0 Å². The summed E-state index contributed by atoms with van der Waals surface area (Å²) in [6, 6.07) is -1.54. The Bertz CT molecular complexity index is 174. The molecule has 0 radical (unpaired) electrons. The Labute approximate surface area is 68.1 Å². The number of ether oxygens (including phenoxy) is 1. The summed E-state index contributed by atoms with van der Waals surface area (Å²) in [4.78, 5) is 0. The average Bonchev–Trinajstić information content (AvgIpc) is 2.05. The Morgan fingerprint density at radius 2 is 2.00 bits per heavy atom. The molecule has 12 heavy (non-hydrogen) atoms. The third-order valence-electron chi connectivity index (χ3n) is 2.45. The molecule has 3 aliphatic heterocycles. The maximum atomic E-state index is 12.3. The third kappa shape index (κ3) is 1.31. The van der Waals surface area contributed by atoms with Crippen molar-refractivity contribution in [2.75, 3.05) is 6.61 Å². The molecular weight excluding hydrogens is 171 g/mol. The Balaban J connectivity index is 2.09. The molecule has 1 N–H and O–H groups in total. The molecule has 70 valence electrons. The molecule has 2 unspecified atom stereocenters. The van der Waals surface area contributed by atoms with Gasteiger partial charge in [-0.05, 0) is 12.8 Å². The van der Waals surface area contributed by atoms with Crippen LogP contribution in [-0.2, 0) is 4.74 Å². The lowest BCUT2D eigenvalue weighted by molar-refractivity contribution is -0.215. The first-order chi connectivity index (χ1) is 5.57. The van der Waals surface area contributed by atoms with E-state index in [9.17, 15) is 13.2 Å². The van der Waals surface area contributed by atoms with Crippen LogP contribution in [0.25, 0.3) is 0 Å². The lowest BCUT2D eigenvalue weighted by Gasteiger charge is -2.43. The van der Waals surface area contributed by atoms with Crippen LogP contribution in [0.5, 0.6) is 0 Å². The molecule has 3 rings (SSSR count). The predicted molar refractivity (Wildman–Crippen MR) is 35.7 cm³/mol. The van der Waals surface area contributed by atoms with Gasteiger partial charge in [0.15, 0.2) is 0 Å². The van der Waals surface area contributed by atoms with Gasteiger partial charge in [-0.25, -0.2) is 0 Å².